The molecule has 0 N–H and O–H groups in total. The molecule has 0 spiro atoms. The summed E-state index contributed by atoms with van der Waals surface area (Å²) in [5.41, 5.74) is 4.28. The highest BCUT2D eigenvalue weighted by molar-refractivity contribution is 9.10. The van der Waals surface area contributed by atoms with Crippen molar-refractivity contribution in [3.8, 4) is 22.8 Å². The first-order valence-electron chi connectivity index (χ1n) is 8.74. The number of fused-ring (bicyclic) bond motifs is 1. The van der Waals surface area contributed by atoms with Gasteiger partial charge in [0.1, 0.15) is 18.1 Å². The fourth-order valence-corrected chi connectivity index (χ4v) is 3.32. The van der Waals surface area contributed by atoms with Crippen molar-refractivity contribution in [3.05, 3.63) is 82.3 Å². The third-order valence-electron chi connectivity index (χ3n) is 4.46. The predicted molar refractivity (Wildman–Crippen MR) is 110 cm³/mol. The lowest BCUT2D eigenvalue weighted by Crippen LogP contribution is -2.00. The lowest BCUT2D eigenvalue weighted by Gasteiger charge is -2.12. The third kappa shape index (κ3) is 3.73. The number of benzene rings is 2. The number of aromatic nitrogens is 2. The third-order valence-corrected chi connectivity index (χ3v) is 4.95. The SMILES string of the molecule is COc1cc(-c2cn3cc(C)ccc3n2)ccc1OCc1ccc(Br)cc1F. The molecule has 4 nitrogen and oxygen atoms in total. The van der Waals surface area contributed by atoms with Gasteiger partial charge in [0, 0.05) is 28.0 Å². The Morgan fingerprint density at radius 1 is 1.04 bits per heavy atom. The number of aryl methyl sites for hydroxylation is 1. The first-order valence-corrected chi connectivity index (χ1v) is 9.53. The predicted octanol–water partition coefficient (Wildman–Crippen LogP) is 5.80. The summed E-state index contributed by atoms with van der Waals surface area (Å²) in [5, 5.41) is 0. The largest absolute Gasteiger partial charge is 0.493 e. The van der Waals surface area contributed by atoms with Crippen molar-refractivity contribution in [2.45, 2.75) is 13.5 Å². The maximum Gasteiger partial charge on any atom is 0.161 e. The van der Waals surface area contributed by atoms with E-state index >= 15 is 0 Å². The van der Waals surface area contributed by atoms with Crippen LogP contribution in [0.1, 0.15) is 11.1 Å². The number of halogens is 2. The van der Waals surface area contributed by atoms with Crippen LogP contribution < -0.4 is 9.47 Å². The van der Waals surface area contributed by atoms with Gasteiger partial charge < -0.3 is 13.9 Å². The minimum absolute atomic E-state index is 0.114. The summed E-state index contributed by atoms with van der Waals surface area (Å²) < 4.78 is 28.0. The van der Waals surface area contributed by atoms with E-state index in [0.29, 0.717) is 21.5 Å². The minimum Gasteiger partial charge on any atom is -0.493 e. The molecule has 4 rings (SSSR count). The molecule has 0 fully saturated rings. The summed E-state index contributed by atoms with van der Waals surface area (Å²) in [5.74, 6) is 0.807. The molecule has 0 aliphatic rings. The molecular weight excluding hydrogens is 423 g/mol. The minimum atomic E-state index is -0.315. The summed E-state index contributed by atoms with van der Waals surface area (Å²) >= 11 is 3.25. The van der Waals surface area contributed by atoms with Crippen LogP contribution in [-0.2, 0) is 6.61 Å². The van der Waals surface area contributed by atoms with Crippen molar-refractivity contribution in [2.24, 2.45) is 0 Å². The first kappa shape index (κ1) is 18.5. The van der Waals surface area contributed by atoms with E-state index in [1.54, 1.807) is 19.2 Å². The van der Waals surface area contributed by atoms with Crippen LogP contribution in [0.5, 0.6) is 11.5 Å². The fourth-order valence-electron chi connectivity index (χ4n) is 2.98. The molecule has 28 heavy (non-hydrogen) atoms. The Hall–Kier alpha value is -2.86. The van der Waals surface area contributed by atoms with Crippen LogP contribution in [0.2, 0.25) is 0 Å². The molecule has 0 amide bonds. The zero-order valence-corrected chi connectivity index (χ0v) is 17.0. The van der Waals surface area contributed by atoms with Gasteiger partial charge in [-0.2, -0.15) is 0 Å². The van der Waals surface area contributed by atoms with E-state index in [1.165, 1.54) is 6.07 Å². The zero-order valence-electron chi connectivity index (χ0n) is 15.4. The second-order valence-corrected chi connectivity index (χ2v) is 7.40. The summed E-state index contributed by atoms with van der Waals surface area (Å²) in [6, 6.07) is 14.5. The van der Waals surface area contributed by atoms with E-state index in [0.717, 1.165) is 22.5 Å². The molecule has 0 unspecified atom stereocenters. The highest BCUT2D eigenvalue weighted by Gasteiger charge is 2.11. The molecular formula is C22H18BrFN2O2. The van der Waals surface area contributed by atoms with E-state index in [-0.39, 0.29) is 12.4 Å². The van der Waals surface area contributed by atoms with Gasteiger partial charge in [0.05, 0.1) is 12.8 Å². The van der Waals surface area contributed by atoms with Crippen molar-refractivity contribution < 1.29 is 13.9 Å². The highest BCUT2D eigenvalue weighted by atomic mass is 79.9. The van der Waals surface area contributed by atoms with Crippen molar-refractivity contribution >= 4 is 21.6 Å². The van der Waals surface area contributed by atoms with Crippen LogP contribution in [0.25, 0.3) is 16.9 Å². The number of imidazole rings is 1. The molecule has 2 aromatic carbocycles. The Morgan fingerprint density at radius 3 is 2.68 bits per heavy atom. The monoisotopic (exact) mass is 440 g/mol. The molecule has 2 aromatic heterocycles. The van der Waals surface area contributed by atoms with E-state index in [2.05, 4.69) is 20.9 Å². The van der Waals surface area contributed by atoms with Gasteiger partial charge in [-0.05, 0) is 48.9 Å². The molecule has 0 aliphatic heterocycles. The van der Waals surface area contributed by atoms with E-state index < -0.39 is 0 Å². The van der Waals surface area contributed by atoms with Crippen LogP contribution in [0, 0.1) is 12.7 Å². The average molecular weight is 441 g/mol. The normalized spacial score (nSPS) is 11.0. The number of ether oxygens (including phenoxy) is 2. The molecule has 4 aromatic rings. The Balaban J connectivity index is 1.60. The van der Waals surface area contributed by atoms with Gasteiger partial charge in [-0.15, -0.1) is 0 Å². The molecule has 0 bridgehead atoms. The lowest BCUT2D eigenvalue weighted by atomic mass is 10.1. The molecule has 0 saturated carbocycles. The summed E-state index contributed by atoms with van der Waals surface area (Å²) in [7, 11) is 1.58. The molecule has 0 atom stereocenters. The summed E-state index contributed by atoms with van der Waals surface area (Å²) in [4.78, 5) is 4.66. The van der Waals surface area contributed by atoms with Gasteiger partial charge >= 0.3 is 0 Å². The second kappa shape index (κ2) is 7.64. The number of hydrogen-bond donors (Lipinski definition) is 0. The van der Waals surface area contributed by atoms with Crippen molar-refractivity contribution in [1.29, 1.82) is 0 Å². The molecule has 0 saturated heterocycles. The summed E-state index contributed by atoms with van der Waals surface area (Å²) in [6.07, 6.45) is 4.02. The van der Waals surface area contributed by atoms with Gasteiger partial charge in [-0.25, -0.2) is 9.37 Å². The highest BCUT2D eigenvalue weighted by Crippen LogP contribution is 2.33. The van der Waals surface area contributed by atoms with Crippen LogP contribution in [0.15, 0.2) is 65.4 Å². The quantitative estimate of drug-likeness (QED) is 0.393. The van der Waals surface area contributed by atoms with Crippen LogP contribution in [-0.4, -0.2) is 16.5 Å². The van der Waals surface area contributed by atoms with Crippen LogP contribution >= 0.6 is 15.9 Å². The Bertz CT molecular complexity index is 1160. The maximum absolute atomic E-state index is 14.0. The molecule has 0 radical (unpaired) electrons. The molecule has 142 valence electrons. The number of rotatable bonds is 5. The molecule has 6 heteroatoms. The van der Waals surface area contributed by atoms with Gasteiger partial charge in [0.2, 0.25) is 0 Å². The number of pyridine rings is 1. The topological polar surface area (TPSA) is 35.8 Å². The van der Waals surface area contributed by atoms with Gasteiger partial charge in [-0.3, -0.25) is 0 Å². The molecule has 0 aliphatic carbocycles. The second-order valence-electron chi connectivity index (χ2n) is 6.49. The van der Waals surface area contributed by atoms with Crippen molar-refractivity contribution in [1.82, 2.24) is 9.38 Å². The van der Waals surface area contributed by atoms with E-state index in [1.807, 2.05) is 54.0 Å². The van der Waals surface area contributed by atoms with E-state index in [9.17, 15) is 4.39 Å². The van der Waals surface area contributed by atoms with Crippen molar-refractivity contribution in [3.63, 3.8) is 0 Å². The van der Waals surface area contributed by atoms with Gasteiger partial charge in [0.15, 0.2) is 11.5 Å². The van der Waals surface area contributed by atoms with Gasteiger partial charge in [0.25, 0.3) is 0 Å². The maximum atomic E-state index is 14.0. The number of hydrogen-bond acceptors (Lipinski definition) is 3. The Morgan fingerprint density at radius 2 is 1.89 bits per heavy atom. The number of methoxy groups -OCH3 is 1. The fraction of sp³-hybridized carbons (Fsp3) is 0.136. The van der Waals surface area contributed by atoms with Crippen molar-refractivity contribution in [2.75, 3.05) is 7.11 Å². The molecule has 2 heterocycles. The Kier molecular flexibility index (Phi) is 5.05. The van der Waals surface area contributed by atoms with E-state index in [4.69, 9.17) is 9.47 Å². The van der Waals surface area contributed by atoms with Gasteiger partial charge in [-0.1, -0.05) is 28.1 Å². The number of nitrogens with zero attached hydrogens (tertiary/aromatic N) is 2. The van der Waals surface area contributed by atoms with Crippen LogP contribution in [0.4, 0.5) is 4.39 Å². The standard InChI is InChI=1S/C22H18BrFN2O2/c1-14-3-8-22-25-19(12-26(22)11-14)15-5-7-20(21(9-15)27-2)28-13-16-4-6-17(23)10-18(16)24/h3-12H,13H2,1-2H3. The van der Waals surface area contributed by atoms with Crippen LogP contribution in [0.3, 0.4) is 0 Å². The average Bonchev–Trinajstić information content (AvgIpc) is 3.10. The first-order chi connectivity index (χ1) is 13.5. The summed E-state index contributed by atoms with van der Waals surface area (Å²) in [6.45, 7) is 2.16. The zero-order chi connectivity index (χ0) is 19.7. The Labute approximate surface area is 170 Å². The lowest BCUT2D eigenvalue weighted by molar-refractivity contribution is 0.280. The smallest absolute Gasteiger partial charge is 0.161 e.